The first kappa shape index (κ1) is 9.72. The zero-order valence-corrected chi connectivity index (χ0v) is 8.52. The molecule has 1 aliphatic rings. The van der Waals surface area contributed by atoms with E-state index in [1.807, 2.05) is 30.3 Å². The number of rotatable bonds is 3. The minimum absolute atomic E-state index is 0.251. The van der Waals surface area contributed by atoms with Crippen LogP contribution >= 0.6 is 0 Å². The van der Waals surface area contributed by atoms with E-state index in [2.05, 4.69) is 0 Å². The average molecular weight is 190 g/mol. The second kappa shape index (κ2) is 4.61. The van der Waals surface area contributed by atoms with E-state index in [1.165, 1.54) is 25.7 Å². The van der Waals surface area contributed by atoms with Crippen molar-refractivity contribution in [2.45, 2.75) is 38.2 Å². The molecular formula is C13H18O. The van der Waals surface area contributed by atoms with Crippen LogP contribution < -0.4 is 0 Å². The highest BCUT2D eigenvalue weighted by molar-refractivity contribution is 5.17. The van der Waals surface area contributed by atoms with Crippen LogP contribution in [0.4, 0.5) is 0 Å². The molecule has 1 fully saturated rings. The molecule has 1 aromatic carbocycles. The summed E-state index contributed by atoms with van der Waals surface area (Å²) in [6.45, 7) is 0. The Balaban J connectivity index is 1.92. The van der Waals surface area contributed by atoms with Crippen molar-refractivity contribution in [1.29, 1.82) is 0 Å². The Bertz CT molecular complexity index is 262. The van der Waals surface area contributed by atoms with Crippen molar-refractivity contribution in [3.63, 3.8) is 0 Å². The Hall–Kier alpha value is -0.820. The van der Waals surface area contributed by atoms with Crippen LogP contribution in [-0.2, 0) is 0 Å². The minimum atomic E-state index is -0.251. The van der Waals surface area contributed by atoms with Crippen molar-refractivity contribution in [1.82, 2.24) is 0 Å². The van der Waals surface area contributed by atoms with Gasteiger partial charge in [-0.15, -0.1) is 0 Å². The fraction of sp³-hybridized carbons (Fsp3) is 0.538. The first-order valence-corrected chi connectivity index (χ1v) is 5.59. The van der Waals surface area contributed by atoms with Crippen LogP contribution in [0.2, 0.25) is 0 Å². The van der Waals surface area contributed by atoms with Gasteiger partial charge in [-0.2, -0.15) is 0 Å². The van der Waals surface area contributed by atoms with E-state index in [-0.39, 0.29) is 6.10 Å². The van der Waals surface area contributed by atoms with Gasteiger partial charge >= 0.3 is 0 Å². The number of hydrogen-bond donors (Lipinski definition) is 1. The van der Waals surface area contributed by atoms with Crippen molar-refractivity contribution >= 4 is 0 Å². The maximum atomic E-state index is 9.98. The first-order valence-electron chi connectivity index (χ1n) is 5.59. The summed E-state index contributed by atoms with van der Waals surface area (Å²) >= 11 is 0. The van der Waals surface area contributed by atoms with Crippen molar-refractivity contribution in [3.05, 3.63) is 35.9 Å². The molecule has 1 N–H and O–H groups in total. The van der Waals surface area contributed by atoms with Gasteiger partial charge in [-0.1, -0.05) is 56.0 Å². The Kier molecular flexibility index (Phi) is 3.20. The second-order valence-electron chi connectivity index (χ2n) is 4.31. The van der Waals surface area contributed by atoms with E-state index in [0.29, 0.717) is 0 Å². The quantitative estimate of drug-likeness (QED) is 0.775. The Morgan fingerprint density at radius 1 is 1.14 bits per heavy atom. The predicted octanol–water partition coefficient (Wildman–Crippen LogP) is 3.30. The molecule has 1 aromatic rings. The molecule has 1 saturated carbocycles. The van der Waals surface area contributed by atoms with Crippen LogP contribution in [-0.4, -0.2) is 5.11 Å². The third-order valence-corrected chi connectivity index (χ3v) is 3.22. The molecule has 1 unspecified atom stereocenters. The third-order valence-electron chi connectivity index (χ3n) is 3.22. The van der Waals surface area contributed by atoms with Crippen LogP contribution in [0.5, 0.6) is 0 Å². The highest BCUT2D eigenvalue weighted by Gasteiger charge is 2.19. The van der Waals surface area contributed by atoms with Gasteiger partial charge in [0.25, 0.3) is 0 Å². The van der Waals surface area contributed by atoms with Gasteiger partial charge in [-0.25, -0.2) is 0 Å². The molecule has 0 aromatic heterocycles. The molecule has 2 rings (SSSR count). The fourth-order valence-electron chi connectivity index (χ4n) is 2.37. The minimum Gasteiger partial charge on any atom is -0.388 e. The molecule has 1 aliphatic carbocycles. The molecule has 1 atom stereocenters. The summed E-state index contributed by atoms with van der Waals surface area (Å²) in [6, 6.07) is 10.0. The first-order chi connectivity index (χ1) is 6.86. The van der Waals surface area contributed by atoms with Gasteiger partial charge in [0, 0.05) is 0 Å². The number of hydrogen-bond acceptors (Lipinski definition) is 1. The lowest BCUT2D eigenvalue weighted by Crippen LogP contribution is -2.03. The lowest BCUT2D eigenvalue weighted by Gasteiger charge is -2.15. The molecule has 14 heavy (non-hydrogen) atoms. The lowest BCUT2D eigenvalue weighted by molar-refractivity contribution is 0.145. The topological polar surface area (TPSA) is 20.2 Å². The van der Waals surface area contributed by atoms with Crippen LogP contribution in [0, 0.1) is 5.92 Å². The molecule has 0 heterocycles. The van der Waals surface area contributed by atoms with Gasteiger partial charge in [-0.05, 0) is 17.9 Å². The van der Waals surface area contributed by atoms with Gasteiger partial charge in [0.15, 0.2) is 0 Å². The molecule has 1 heteroatoms. The molecular weight excluding hydrogens is 172 g/mol. The molecule has 0 aliphatic heterocycles. The van der Waals surface area contributed by atoms with Crippen molar-refractivity contribution in [2.75, 3.05) is 0 Å². The van der Waals surface area contributed by atoms with E-state index >= 15 is 0 Å². The molecule has 0 saturated heterocycles. The van der Waals surface area contributed by atoms with Gasteiger partial charge < -0.3 is 5.11 Å². The van der Waals surface area contributed by atoms with E-state index in [1.54, 1.807) is 0 Å². The largest absolute Gasteiger partial charge is 0.388 e. The van der Waals surface area contributed by atoms with Gasteiger partial charge in [0.05, 0.1) is 6.10 Å². The average Bonchev–Trinajstić information content (AvgIpc) is 2.72. The smallest absolute Gasteiger partial charge is 0.0792 e. The highest BCUT2D eigenvalue weighted by atomic mass is 16.3. The molecule has 76 valence electrons. The molecule has 0 radical (unpaired) electrons. The van der Waals surface area contributed by atoms with Crippen LogP contribution in [0.1, 0.15) is 43.8 Å². The number of aliphatic hydroxyl groups excluding tert-OH is 1. The molecule has 1 nitrogen and oxygen atoms in total. The zero-order valence-electron chi connectivity index (χ0n) is 8.52. The highest BCUT2D eigenvalue weighted by Crippen LogP contribution is 2.32. The van der Waals surface area contributed by atoms with Crippen molar-refractivity contribution in [3.8, 4) is 0 Å². The Morgan fingerprint density at radius 2 is 1.79 bits per heavy atom. The summed E-state index contributed by atoms with van der Waals surface area (Å²) < 4.78 is 0. The van der Waals surface area contributed by atoms with Crippen molar-refractivity contribution < 1.29 is 5.11 Å². The summed E-state index contributed by atoms with van der Waals surface area (Å²) in [4.78, 5) is 0. The fourth-order valence-corrected chi connectivity index (χ4v) is 2.37. The van der Waals surface area contributed by atoms with Crippen LogP contribution in [0.25, 0.3) is 0 Å². The van der Waals surface area contributed by atoms with Crippen LogP contribution in [0.3, 0.4) is 0 Å². The summed E-state index contributed by atoms with van der Waals surface area (Å²) in [5.74, 6) is 0.755. The number of benzene rings is 1. The van der Waals surface area contributed by atoms with Gasteiger partial charge in [0.2, 0.25) is 0 Å². The van der Waals surface area contributed by atoms with E-state index in [0.717, 1.165) is 17.9 Å². The van der Waals surface area contributed by atoms with E-state index in [9.17, 15) is 5.11 Å². The maximum Gasteiger partial charge on any atom is 0.0792 e. The maximum absolute atomic E-state index is 9.98. The monoisotopic (exact) mass is 190 g/mol. The summed E-state index contributed by atoms with van der Waals surface area (Å²) in [6.07, 6.45) is 6.02. The Labute approximate surface area is 85.8 Å². The van der Waals surface area contributed by atoms with E-state index in [4.69, 9.17) is 0 Å². The summed E-state index contributed by atoms with van der Waals surface area (Å²) in [7, 11) is 0. The zero-order chi connectivity index (χ0) is 9.80. The van der Waals surface area contributed by atoms with Crippen molar-refractivity contribution in [2.24, 2.45) is 5.92 Å². The SMILES string of the molecule is OC(CC1CCCC1)c1ccccc1. The van der Waals surface area contributed by atoms with E-state index < -0.39 is 0 Å². The lowest BCUT2D eigenvalue weighted by atomic mass is 9.96. The third kappa shape index (κ3) is 2.36. The molecule has 0 amide bonds. The Morgan fingerprint density at radius 3 is 2.43 bits per heavy atom. The standard InChI is InChI=1S/C13H18O/c14-13(10-11-6-4-5-7-11)12-8-2-1-3-9-12/h1-3,8-9,11,13-14H,4-7,10H2. The molecule has 0 bridgehead atoms. The van der Waals surface area contributed by atoms with Gasteiger partial charge in [-0.3, -0.25) is 0 Å². The second-order valence-corrected chi connectivity index (χ2v) is 4.31. The van der Waals surface area contributed by atoms with Crippen LogP contribution in [0.15, 0.2) is 30.3 Å². The number of aliphatic hydroxyl groups is 1. The summed E-state index contributed by atoms with van der Waals surface area (Å²) in [5, 5.41) is 9.98. The summed E-state index contributed by atoms with van der Waals surface area (Å²) in [5.41, 5.74) is 1.07. The predicted molar refractivity (Wildman–Crippen MR) is 58.0 cm³/mol. The molecule has 0 spiro atoms. The normalized spacial score (nSPS) is 19.8. The van der Waals surface area contributed by atoms with Gasteiger partial charge in [0.1, 0.15) is 0 Å².